The number of pyridine rings is 1. The van der Waals surface area contributed by atoms with Gasteiger partial charge in [0.2, 0.25) is 0 Å². The summed E-state index contributed by atoms with van der Waals surface area (Å²) in [5.74, 6) is 1.49. The molecule has 7 nitrogen and oxygen atoms in total. The van der Waals surface area contributed by atoms with Gasteiger partial charge in [0.25, 0.3) is 0 Å². The van der Waals surface area contributed by atoms with Crippen molar-refractivity contribution < 1.29 is 4.74 Å². The van der Waals surface area contributed by atoms with Crippen LogP contribution in [0, 0.1) is 6.92 Å². The van der Waals surface area contributed by atoms with Gasteiger partial charge >= 0.3 is 0 Å². The Morgan fingerprint density at radius 3 is 2.58 bits per heavy atom. The fraction of sp³-hybridized carbons (Fsp3) is 0.471. The summed E-state index contributed by atoms with van der Waals surface area (Å²) in [5.41, 5.74) is 8.70. The zero-order chi connectivity index (χ0) is 16.9. The Hall–Kier alpha value is -2.25. The molecular formula is C17H24N6O. The minimum Gasteiger partial charge on any atom is -0.384 e. The second-order valence-electron chi connectivity index (χ2n) is 5.95. The van der Waals surface area contributed by atoms with Gasteiger partial charge in [-0.05, 0) is 19.1 Å². The molecule has 7 heteroatoms. The van der Waals surface area contributed by atoms with E-state index in [-0.39, 0.29) is 0 Å². The first-order valence-corrected chi connectivity index (χ1v) is 8.19. The van der Waals surface area contributed by atoms with Crippen molar-refractivity contribution in [3.05, 3.63) is 30.4 Å². The van der Waals surface area contributed by atoms with Gasteiger partial charge < -0.3 is 15.4 Å². The van der Waals surface area contributed by atoms with Crippen LogP contribution in [-0.4, -0.2) is 66.3 Å². The van der Waals surface area contributed by atoms with E-state index in [9.17, 15) is 0 Å². The van der Waals surface area contributed by atoms with Crippen LogP contribution in [0.5, 0.6) is 0 Å². The van der Waals surface area contributed by atoms with Gasteiger partial charge in [0, 0.05) is 57.2 Å². The number of nitrogens with two attached hydrogens (primary N) is 1. The molecule has 2 aromatic heterocycles. The standard InChI is InChI=1S/C17H24N6O/c1-13-16(14-3-4-15(18)19-11-14)17(21-12-20-13)23-7-5-22(6-8-23)9-10-24-2/h3-4,11-12H,5-10H2,1-2H3,(H2,18,19). The lowest BCUT2D eigenvalue weighted by molar-refractivity contribution is 0.144. The van der Waals surface area contributed by atoms with Crippen molar-refractivity contribution in [2.24, 2.45) is 0 Å². The van der Waals surface area contributed by atoms with Crippen LogP contribution in [0.25, 0.3) is 11.1 Å². The number of piperazine rings is 1. The predicted molar refractivity (Wildman–Crippen MR) is 94.9 cm³/mol. The molecule has 0 unspecified atom stereocenters. The number of nitrogen functional groups attached to an aromatic ring is 1. The van der Waals surface area contributed by atoms with E-state index in [1.165, 1.54) is 0 Å². The largest absolute Gasteiger partial charge is 0.384 e. The summed E-state index contributed by atoms with van der Waals surface area (Å²) < 4.78 is 5.17. The smallest absolute Gasteiger partial charge is 0.140 e. The molecule has 0 radical (unpaired) electrons. The van der Waals surface area contributed by atoms with E-state index in [0.717, 1.165) is 62.0 Å². The number of aromatic nitrogens is 3. The van der Waals surface area contributed by atoms with E-state index in [2.05, 4.69) is 24.8 Å². The summed E-state index contributed by atoms with van der Waals surface area (Å²) in [6, 6.07) is 3.79. The summed E-state index contributed by atoms with van der Waals surface area (Å²) in [7, 11) is 1.74. The number of methoxy groups -OCH3 is 1. The fourth-order valence-electron chi connectivity index (χ4n) is 3.00. The monoisotopic (exact) mass is 328 g/mol. The molecule has 1 fully saturated rings. The molecule has 0 bridgehead atoms. The van der Waals surface area contributed by atoms with E-state index in [1.807, 2.05) is 19.1 Å². The van der Waals surface area contributed by atoms with Gasteiger partial charge in [0.15, 0.2) is 0 Å². The van der Waals surface area contributed by atoms with Crippen molar-refractivity contribution in [3.63, 3.8) is 0 Å². The summed E-state index contributed by atoms with van der Waals surface area (Å²) in [4.78, 5) is 17.9. The summed E-state index contributed by atoms with van der Waals surface area (Å²) >= 11 is 0. The summed E-state index contributed by atoms with van der Waals surface area (Å²) in [6.45, 7) is 7.64. The van der Waals surface area contributed by atoms with Crippen LogP contribution < -0.4 is 10.6 Å². The molecule has 128 valence electrons. The molecule has 0 aliphatic carbocycles. The van der Waals surface area contributed by atoms with Gasteiger partial charge in [-0.2, -0.15) is 0 Å². The first-order valence-electron chi connectivity index (χ1n) is 8.19. The van der Waals surface area contributed by atoms with Crippen molar-refractivity contribution in [1.82, 2.24) is 19.9 Å². The zero-order valence-electron chi connectivity index (χ0n) is 14.3. The third-order valence-electron chi connectivity index (χ3n) is 4.38. The van der Waals surface area contributed by atoms with Crippen LogP contribution in [0.2, 0.25) is 0 Å². The SMILES string of the molecule is COCCN1CCN(c2ncnc(C)c2-c2ccc(N)nc2)CC1. The molecule has 0 aromatic carbocycles. The second-order valence-corrected chi connectivity index (χ2v) is 5.95. The van der Waals surface area contributed by atoms with E-state index in [1.54, 1.807) is 19.6 Å². The molecule has 1 saturated heterocycles. The van der Waals surface area contributed by atoms with E-state index in [0.29, 0.717) is 5.82 Å². The Morgan fingerprint density at radius 1 is 1.12 bits per heavy atom. The molecule has 3 rings (SSSR count). The highest BCUT2D eigenvalue weighted by Gasteiger charge is 2.22. The highest BCUT2D eigenvalue weighted by atomic mass is 16.5. The lowest BCUT2D eigenvalue weighted by Crippen LogP contribution is -2.47. The first-order chi connectivity index (χ1) is 11.7. The average molecular weight is 328 g/mol. The van der Waals surface area contributed by atoms with E-state index in [4.69, 9.17) is 10.5 Å². The minimum atomic E-state index is 0.515. The molecule has 0 spiro atoms. The second kappa shape index (κ2) is 7.55. The van der Waals surface area contributed by atoms with Gasteiger partial charge in [0.05, 0.1) is 12.3 Å². The lowest BCUT2D eigenvalue weighted by Gasteiger charge is -2.36. The molecule has 3 heterocycles. The highest BCUT2D eigenvalue weighted by molar-refractivity contribution is 5.77. The number of hydrogen-bond acceptors (Lipinski definition) is 7. The van der Waals surface area contributed by atoms with Crippen LogP contribution >= 0.6 is 0 Å². The summed E-state index contributed by atoms with van der Waals surface area (Å²) in [6.07, 6.45) is 3.43. The quantitative estimate of drug-likeness (QED) is 0.883. The maximum Gasteiger partial charge on any atom is 0.140 e. The van der Waals surface area contributed by atoms with Crippen molar-refractivity contribution in [2.75, 3.05) is 57.1 Å². The van der Waals surface area contributed by atoms with Gasteiger partial charge in [-0.3, -0.25) is 4.90 Å². The Balaban J connectivity index is 1.82. The third-order valence-corrected chi connectivity index (χ3v) is 4.38. The van der Waals surface area contributed by atoms with Crippen LogP contribution in [0.1, 0.15) is 5.69 Å². The topological polar surface area (TPSA) is 80.4 Å². The zero-order valence-corrected chi connectivity index (χ0v) is 14.3. The Labute approximate surface area is 142 Å². The number of rotatable bonds is 5. The van der Waals surface area contributed by atoms with Gasteiger partial charge in [0.1, 0.15) is 18.0 Å². The number of ether oxygens (including phenoxy) is 1. The molecule has 0 saturated carbocycles. The number of hydrogen-bond donors (Lipinski definition) is 1. The molecule has 0 atom stereocenters. The number of anilines is 2. The van der Waals surface area contributed by atoms with E-state index < -0.39 is 0 Å². The Bertz CT molecular complexity index is 667. The van der Waals surface area contributed by atoms with Gasteiger partial charge in [-0.1, -0.05) is 0 Å². The van der Waals surface area contributed by atoms with E-state index >= 15 is 0 Å². The fourth-order valence-corrected chi connectivity index (χ4v) is 3.00. The predicted octanol–water partition coefficient (Wildman–Crippen LogP) is 1.20. The molecule has 2 N–H and O–H groups in total. The van der Waals surface area contributed by atoms with Crippen molar-refractivity contribution >= 4 is 11.6 Å². The maximum absolute atomic E-state index is 5.71. The highest BCUT2D eigenvalue weighted by Crippen LogP contribution is 2.31. The van der Waals surface area contributed by atoms with Crippen LogP contribution in [0.15, 0.2) is 24.7 Å². The Kier molecular flexibility index (Phi) is 5.22. The summed E-state index contributed by atoms with van der Waals surface area (Å²) in [5, 5.41) is 0. The lowest BCUT2D eigenvalue weighted by atomic mass is 10.1. The third kappa shape index (κ3) is 3.63. The molecular weight excluding hydrogens is 304 g/mol. The Morgan fingerprint density at radius 2 is 1.92 bits per heavy atom. The van der Waals surface area contributed by atoms with Crippen LogP contribution in [0.4, 0.5) is 11.6 Å². The molecule has 24 heavy (non-hydrogen) atoms. The minimum absolute atomic E-state index is 0.515. The maximum atomic E-state index is 5.71. The van der Waals surface area contributed by atoms with Crippen LogP contribution in [-0.2, 0) is 4.74 Å². The van der Waals surface area contributed by atoms with Crippen molar-refractivity contribution in [3.8, 4) is 11.1 Å². The van der Waals surface area contributed by atoms with Crippen molar-refractivity contribution in [2.45, 2.75) is 6.92 Å². The molecule has 1 aliphatic rings. The average Bonchev–Trinajstić information content (AvgIpc) is 2.61. The normalized spacial score (nSPS) is 15.7. The van der Waals surface area contributed by atoms with Crippen LogP contribution in [0.3, 0.4) is 0 Å². The molecule has 0 amide bonds. The molecule has 1 aliphatic heterocycles. The van der Waals surface area contributed by atoms with Gasteiger partial charge in [-0.25, -0.2) is 15.0 Å². The van der Waals surface area contributed by atoms with Crippen molar-refractivity contribution in [1.29, 1.82) is 0 Å². The number of aryl methyl sites for hydroxylation is 1. The molecule has 2 aromatic rings. The first kappa shape index (κ1) is 16.6. The van der Waals surface area contributed by atoms with Gasteiger partial charge in [-0.15, -0.1) is 0 Å². The number of nitrogens with zero attached hydrogens (tertiary/aromatic N) is 5.